The van der Waals surface area contributed by atoms with Crippen LogP contribution in [0.4, 0.5) is 0 Å². The first-order valence-corrected chi connectivity index (χ1v) is 6.95. The van der Waals surface area contributed by atoms with Gasteiger partial charge in [-0.05, 0) is 43.0 Å². The molecule has 1 heterocycles. The monoisotopic (exact) mass is 260 g/mol. The van der Waals surface area contributed by atoms with Crippen LogP contribution in [0.2, 0.25) is 0 Å². The minimum absolute atomic E-state index is 0.00703. The van der Waals surface area contributed by atoms with Gasteiger partial charge < -0.3 is 10.5 Å². The highest BCUT2D eigenvalue weighted by molar-refractivity contribution is 7.98. The first-order chi connectivity index (χ1) is 8.69. The van der Waals surface area contributed by atoms with Crippen molar-refractivity contribution in [1.82, 2.24) is 4.98 Å². The van der Waals surface area contributed by atoms with Crippen molar-refractivity contribution in [2.75, 3.05) is 6.26 Å². The van der Waals surface area contributed by atoms with E-state index in [4.69, 9.17) is 10.5 Å². The van der Waals surface area contributed by atoms with Crippen molar-refractivity contribution in [3.05, 3.63) is 48.2 Å². The zero-order valence-electron chi connectivity index (χ0n) is 10.5. The molecule has 1 aromatic carbocycles. The Balaban J connectivity index is 2.08. The molecule has 18 heavy (non-hydrogen) atoms. The van der Waals surface area contributed by atoms with Crippen molar-refractivity contribution in [1.29, 1.82) is 0 Å². The SMILES string of the molecule is CSc1ccc(Oc2ccc(C(C)N)cn2)cc1. The predicted octanol–water partition coefficient (Wildman–Crippen LogP) is 3.62. The predicted molar refractivity (Wildman–Crippen MR) is 75.1 cm³/mol. The molecule has 0 aliphatic rings. The molecule has 0 saturated heterocycles. The van der Waals surface area contributed by atoms with E-state index in [2.05, 4.69) is 4.98 Å². The fourth-order valence-electron chi connectivity index (χ4n) is 1.49. The van der Waals surface area contributed by atoms with Crippen LogP contribution >= 0.6 is 11.8 Å². The molecule has 0 bridgehead atoms. The number of pyridine rings is 1. The third-order valence-electron chi connectivity index (χ3n) is 2.57. The van der Waals surface area contributed by atoms with Crippen molar-refractivity contribution in [2.24, 2.45) is 5.73 Å². The van der Waals surface area contributed by atoms with E-state index in [-0.39, 0.29) is 6.04 Å². The quantitative estimate of drug-likeness (QED) is 0.853. The minimum Gasteiger partial charge on any atom is -0.439 e. The zero-order valence-corrected chi connectivity index (χ0v) is 11.3. The topological polar surface area (TPSA) is 48.1 Å². The van der Waals surface area contributed by atoms with Gasteiger partial charge >= 0.3 is 0 Å². The molecule has 4 heteroatoms. The summed E-state index contributed by atoms with van der Waals surface area (Å²) >= 11 is 1.70. The maximum absolute atomic E-state index is 5.77. The number of ether oxygens (including phenoxy) is 1. The lowest BCUT2D eigenvalue weighted by Gasteiger charge is -2.07. The minimum atomic E-state index is -0.00703. The molecule has 0 radical (unpaired) electrons. The number of hydrogen-bond acceptors (Lipinski definition) is 4. The van der Waals surface area contributed by atoms with Gasteiger partial charge in [-0.1, -0.05) is 6.07 Å². The summed E-state index contributed by atoms with van der Waals surface area (Å²) in [5.74, 6) is 1.37. The Bertz CT molecular complexity index is 494. The van der Waals surface area contributed by atoms with Crippen LogP contribution in [0.5, 0.6) is 11.6 Å². The average Bonchev–Trinajstić information content (AvgIpc) is 2.40. The van der Waals surface area contributed by atoms with Crippen LogP contribution in [0.15, 0.2) is 47.5 Å². The van der Waals surface area contributed by atoms with E-state index in [1.54, 1.807) is 18.0 Å². The summed E-state index contributed by atoms with van der Waals surface area (Å²) in [6, 6.07) is 11.7. The second kappa shape index (κ2) is 5.89. The van der Waals surface area contributed by atoms with Crippen molar-refractivity contribution >= 4 is 11.8 Å². The number of benzene rings is 1. The molecule has 0 saturated carbocycles. The van der Waals surface area contributed by atoms with Gasteiger partial charge in [0.25, 0.3) is 0 Å². The molecule has 0 aliphatic carbocycles. The Hall–Kier alpha value is -1.52. The summed E-state index contributed by atoms with van der Waals surface area (Å²) in [6.45, 7) is 1.93. The van der Waals surface area contributed by atoms with Crippen molar-refractivity contribution in [3.8, 4) is 11.6 Å². The van der Waals surface area contributed by atoms with E-state index >= 15 is 0 Å². The molecule has 0 spiro atoms. The van der Waals surface area contributed by atoms with Crippen LogP contribution in [-0.4, -0.2) is 11.2 Å². The first kappa shape index (κ1) is 12.9. The highest BCUT2D eigenvalue weighted by atomic mass is 32.2. The van der Waals surface area contributed by atoms with E-state index in [0.29, 0.717) is 5.88 Å². The molecule has 1 aromatic heterocycles. The summed E-state index contributed by atoms with van der Waals surface area (Å²) in [7, 11) is 0. The summed E-state index contributed by atoms with van der Waals surface area (Å²) < 4.78 is 5.65. The third kappa shape index (κ3) is 3.24. The van der Waals surface area contributed by atoms with Gasteiger partial charge in [-0.25, -0.2) is 4.98 Å². The van der Waals surface area contributed by atoms with E-state index in [1.165, 1.54) is 4.90 Å². The molecule has 0 amide bonds. The Morgan fingerprint density at radius 3 is 2.39 bits per heavy atom. The van der Waals surface area contributed by atoms with E-state index in [0.717, 1.165) is 11.3 Å². The Morgan fingerprint density at radius 1 is 1.17 bits per heavy atom. The molecule has 1 unspecified atom stereocenters. The number of nitrogens with zero attached hydrogens (tertiary/aromatic N) is 1. The molecule has 2 N–H and O–H groups in total. The summed E-state index contributed by atoms with van der Waals surface area (Å²) in [6.07, 6.45) is 3.79. The Morgan fingerprint density at radius 2 is 1.89 bits per heavy atom. The molecule has 94 valence electrons. The number of hydrogen-bond donors (Lipinski definition) is 1. The third-order valence-corrected chi connectivity index (χ3v) is 3.31. The fourth-order valence-corrected chi connectivity index (χ4v) is 1.89. The van der Waals surface area contributed by atoms with E-state index < -0.39 is 0 Å². The van der Waals surface area contributed by atoms with E-state index in [9.17, 15) is 0 Å². The number of rotatable bonds is 4. The Kier molecular flexibility index (Phi) is 4.23. The summed E-state index contributed by atoms with van der Waals surface area (Å²) in [4.78, 5) is 5.44. The Labute approximate surface area is 111 Å². The van der Waals surface area contributed by atoms with Gasteiger partial charge in [-0.3, -0.25) is 0 Å². The van der Waals surface area contributed by atoms with Crippen LogP contribution in [0, 0.1) is 0 Å². The number of thioether (sulfide) groups is 1. The van der Waals surface area contributed by atoms with Gasteiger partial charge in [0.1, 0.15) is 5.75 Å². The van der Waals surface area contributed by atoms with E-state index in [1.807, 2.05) is 49.6 Å². The lowest BCUT2D eigenvalue weighted by Crippen LogP contribution is -2.05. The maximum Gasteiger partial charge on any atom is 0.219 e. The van der Waals surface area contributed by atoms with Gasteiger partial charge in [0.15, 0.2) is 0 Å². The maximum atomic E-state index is 5.77. The van der Waals surface area contributed by atoms with Gasteiger partial charge in [-0.15, -0.1) is 11.8 Å². The van der Waals surface area contributed by atoms with Gasteiger partial charge in [0.05, 0.1) is 0 Å². The number of nitrogens with two attached hydrogens (primary N) is 1. The smallest absolute Gasteiger partial charge is 0.219 e. The molecular formula is C14H16N2OS. The van der Waals surface area contributed by atoms with Gasteiger partial charge in [-0.2, -0.15) is 0 Å². The average molecular weight is 260 g/mol. The lowest BCUT2D eigenvalue weighted by molar-refractivity contribution is 0.462. The number of aromatic nitrogens is 1. The second-order valence-corrected chi connectivity index (χ2v) is 4.88. The first-order valence-electron chi connectivity index (χ1n) is 5.72. The summed E-state index contributed by atoms with van der Waals surface area (Å²) in [5.41, 5.74) is 6.77. The van der Waals surface area contributed by atoms with Crippen molar-refractivity contribution in [3.63, 3.8) is 0 Å². The standard InChI is InChI=1S/C14H16N2OS/c1-10(15)11-3-8-14(16-9-11)17-12-4-6-13(18-2)7-5-12/h3-10H,15H2,1-2H3. The zero-order chi connectivity index (χ0) is 13.0. The fraction of sp³-hybridized carbons (Fsp3) is 0.214. The lowest BCUT2D eigenvalue weighted by atomic mass is 10.2. The van der Waals surface area contributed by atoms with Gasteiger partial charge in [0, 0.05) is 23.2 Å². The largest absolute Gasteiger partial charge is 0.439 e. The molecule has 2 aromatic rings. The van der Waals surface area contributed by atoms with Gasteiger partial charge in [0.2, 0.25) is 5.88 Å². The molecule has 1 atom stereocenters. The van der Waals surface area contributed by atoms with Crippen molar-refractivity contribution < 1.29 is 4.74 Å². The molecule has 0 fully saturated rings. The molecule has 0 aliphatic heterocycles. The molecular weight excluding hydrogens is 244 g/mol. The highest BCUT2D eigenvalue weighted by Gasteiger charge is 2.02. The van der Waals surface area contributed by atoms with Crippen LogP contribution in [-0.2, 0) is 0 Å². The highest BCUT2D eigenvalue weighted by Crippen LogP contribution is 2.23. The normalized spacial score (nSPS) is 12.2. The van der Waals surface area contributed by atoms with Crippen molar-refractivity contribution in [2.45, 2.75) is 17.9 Å². The van der Waals surface area contributed by atoms with Crippen LogP contribution in [0.3, 0.4) is 0 Å². The molecule has 3 nitrogen and oxygen atoms in total. The van der Waals surface area contributed by atoms with Crippen LogP contribution < -0.4 is 10.5 Å². The van der Waals surface area contributed by atoms with Crippen LogP contribution in [0.1, 0.15) is 18.5 Å². The molecule has 2 rings (SSSR count). The second-order valence-electron chi connectivity index (χ2n) is 4.00. The van der Waals surface area contributed by atoms with Crippen LogP contribution in [0.25, 0.3) is 0 Å². The summed E-state index contributed by atoms with van der Waals surface area (Å²) in [5, 5.41) is 0.